The number of nitrogens with zero attached hydrogens (tertiary/aromatic N) is 4. The normalized spacial score (nSPS) is 15.8. The first-order valence-electron chi connectivity index (χ1n) is 8.49. The summed E-state index contributed by atoms with van der Waals surface area (Å²) in [5.74, 6) is -6.77. The molecule has 1 aliphatic rings. The Morgan fingerprint density at radius 2 is 1.76 bits per heavy atom. The molecule has 1 aromatic carbocycles. The molecule has 0 saturated carbocycles. The number of carbonyl (C=O) groups excluding carboxylic acids is 1. The Bertz CT molecular complexity index is 953. The molecule has 1 aliphatic heterocycles. The number of alkyl halides is 2. The number of halogens is 4. The monoisotopic (exact) mass is 413 g/mol. The number of nitrogens with one attached hydrogen (secondary N) is 1. The lowest BCUT2D eigenvalue weighted by Crippen LogP contribution is -2.40. The van der Waals surface area contributed by atoms with E-state index in [1.165, 1.54) is 11.0 Å². The molecule has 29 heavy (non-hydrogen) atoms. The number of nitro groups is 1. The summed E-state index contributed by atoms with van der Waals surface area (Å²) in [5, 5.41) is 12.9. The van der Waals surface area contributed by atoms with Gasteiger partial charge in [0.15, 0.2) is 0 Å². The van der Waals surface area contributed by atoms with E-state index in [0.29, 0.717) is 17.8 Å². The maximum atomic E-state index is 14.0. The van der Waals surface area contributed by atoms with Crippen LogP contribution >= 0.6 is 0 Å². The summed E-state index contributed by atoms with van der Waals surface area (Å²) < 4.78 is 54.7. The Morgan fingerprint density at radius 3 is 2.31 bits per heavy atom. The van der Waals surface area contributed by atoms with Crippen molar-refractivity contribution in [1.82, 2.24) is 9.97 Å². The minimum atomic E-state index is -2.76. The van der Waals surface area contributed by atoms with E-state index >= 15 is 0 Å². The Kier molecular flexibility index (Phi) is 5.36. The number of aromatic nitrogens is 2. The summed E-state index contributed by atoms with van der Waals surface area (Å²) >= 11 is 0. The number of carbonyl (C=O) groups is 1. The Hall–Kier alpha value is -3.31. The van der Waals surface area contributed by atoms with Crippen molar-refractivity contribution in [2.75, 3.05) is 23.3 Å². The highest BCUT2D eigenvalue weighted by atomic mass is 19.3. The zero-order valence-corrected chi connectivity index (χ0v) is 15.1. The first kappa shape index (κ1) is 20.4. The average molecular weight is 413 g/mol. The largest absolute Gasteiger partial charge is 0.340 e. The summed E-state index contributed by atoms with van der Waals surface area (Å²) in [6.07, 6.45) is -0.740. The first-order chi connectivity index (χ1) is 13.6. The fourth-order valence-electron chi connectivity index (χ4n) is 2.85. The molecule has 0 aliphatic carbocycles. The van der Waals surface area contributed by atoms with E-state index in [1.807, 2.05) is 0 Å². The maximum Gasteiger partial charge on any atom is 0.275 e. The van der Waals surface area contributed by atoms with Gasteiger partial charge in [-0.15, -0.1) is 0 Å². The fourth-order valence-corrected chi connectivity index (χ4v) is 2.85. The number of piperidine rings is 1. The first-order valence-corrected chi connectivity index (χ1v) is 8.49. The highest BCUT2D eigenvalue weighted by Gasteiger charge is 2.35. The summed E-state index contributed by atoms with van der Waals surface area (Å²) in [6, 6.07) is 2.20. The van der Waals surface area contributed by atoms with Crippen molar-refractivity contribution in [2.24, 2.45) is 0 Å². The third-order valence-electron chi connectivity index (χ3n) is 4.33. The lowest BCUT2D eigenvalue weighted by Gasteiger charge is -2.31. The second kappa shape index (κ2) is 7.60. The smallest absolute Gasteiger partial charge is 0.275 e. The van der Waals surface area contributed by atoms with E-state index in [1.54, 1.807) is 6.92 Å². The molecule has 154 valence electrons. The van der Waals surface area contributed by atoms with Gasteiger partial charge in [0.25, 0.3) is 17.5 Å². The number of amides is 1. The van der Waals surface area contributed by atoms with Crippen LogP contribution in [0.1, 0.15) is 28.9 Å². The predicted octanol–water partition coefficient (Wildman–Crippen LogP) is 3.46. The molecular formula is C17H15F4N5O3. The van der Waals surface area contributed by atoms with Crippen LogP contribution in [0.2, 0.25) is 0 Å². The third kappa shape index (κ3) is 4.58. The molecule has 1 N–H and O–H groups in total. The molecule has 1 fully saturated rings. The third-order valence-corrected chi connectivity index (χ3v) is 4.33. The SMILES string of the molecule is Cc1cc(NC(=O)c2c(F)cc([N+](=O)[O-])cc2F)nc(N2CCC(F)(F)CC2)n1. The van der Waals surface area contributed by atoms with E-state index in [2.05, 4.69) is 15.3 Å². The molecule has 1 aromatic heterocycles. The average Bonchev–Trinajstić information content (AvgIpc) is 2.60. The minimum absolute atomic E-state index is 0.00937. The molecule has 0 bridgehead atoms. The number of aryl methyl sites for hydroxylation is 1. The maximum absolute atomic E-state index is 14.0. The minimum Gasteiger partial charge on any atom is -0.340 e. The van der Waals surface area contributed by atoms with Crippen molar-refractivity contribution in [1.29, 1.82) is 0 Å². The molecule has 1 saturated heterocycles. The van der Waals surface area contributed by atoms with Crippen LogP contribution in [0.3, 0.4) is 0 Å². The van der Waals surface area contributed by atoms with Crippen LogP contribution in [0.5, 0.6) is 0 Å². The molecule has 1 amide bonds. The molecule has 12 heteroatoms. The van der Waals surface area contributed by atoms with Gasteiger partial charge in [0.05, 0.1) is 17.1 Å². The highest BCUT2D eigenvalue weighted by Crippen LogP contribution is 2.30. The number of benzene rings is 1. The van der Waals surface area contributed by atoms with Crippen molar-refractivity contribution >= 4 is 23.4 Å². The second-order valence-electron chi connectivity index (χ2n) is 6.53. The van der Waals surface area contributed by atoms with Gasteiger partial charge < -0.3 is 10.2 Å². The molecule has 2 heterocycles. The van der Waals surface area contributed by atoms with Crippen LogP contribution in [0.4, 0.5) is 35.0 Å². The number of rotatable bonds is 4. The van der Waals surface area contributed by atoms with Gasteiger partial charge in [-0.25, -0.2) is 22.5 Å². The molecule has 3 rings (SSSR count). The van der Waals surface area contributed by atoms with E-state index in [0.717, 1.165) is 0 Å². The topological polar surface area (TPSA) is 101 Å². The van der Waals surface area contributed by atoms with Crippen LogP contribution in [-0.2, 0) is 0 Å². The van der Waals surface area contributed by atoms with Gasteiger partial charge in [-0.2, -0.15) is 4.98 Å². The second-order valence-corrected chi connectivity index (χ2v) is 6.53. The fraction of sp³-hybridized carbons (Fsp3) is 0.353. The molecule has 0 radical (unpaired) electrons. The van der Waals surface area contributed by atoms with Crippen molar-refractivity contribution < 1.29 is 27.3 Å². The van der Waals surface area contributed by atoms with Crippen molar-refractivity contribution in [3.8, 4) is 0 Å². The van der Waals surface area contributed by atoms with E-state index in [-0.39, 0.29) is 37.7 Å². The van der Waals surface area contributed by atoms with Gasteiger partial charge in [-0.05, 0) is 6.92 Å². The molecule has 0 spiro atoms. The molecule has 0 unspecified atom stereocenters. The van der Waals surface area contributed by atoms with Gasteiger partial charge in [0.2, 0.25) is 5.95 Å². The zero-order valence-electron chi connectivity index (χ0n) is 15.1. The molecule has 2 aromatic rings. The van der Waals surface area contributed by atoms with Crippen molar-refractivity contribution in [2.45, 2.75) is 25.7 Å². The molecule has 0 atom stereocenters. The lowest BCUT2D eigenvalue weighted by atomic mass is 10.1. The summed E-state index contributed by atoms with van der Waals surface area (Å²) in [7, 11) is 0. The molecule has 8 nitrogen and oxygen atoms in total. The summed E-state index contributed by atoms with van der Waals surface area (Å²) in [5.41, 5.74) is -1.45. The van der Waals surface area contributed by atoms with Gasteiger partial charge in [0.1, 0.15) is 23.0 Å². The van der Waals surface area contributed by atoms with Crippen LogP contribution in [0.25, 0.3) is 0 Å². The lowest BCUT2D eigenvalue weighted by molar-refractivity contribution is -0.385. The number of anilines is 2. The Balaban J connectivity index is 1.83. The van der Waals surface area contributed by atoms with Gasteiger partial charge in [-0.1, -0.05) is 0 Å². The van der Waals surface area contributed by atoms with Crippen LogP contribution < -0.4 is 10.2 Å². The van der Waals surface area contributed by atoms with Crippen LogP contribution in [-0.4, -0.2) is 39.8 Å². The Labute approximate surface area is 161 Å². The van der Waals surface area contributed by atoms with Crippen molar-refractivity contribution in [3.05, 3.63) is 51.2 Å². The number of non-ortho nitro benzene ring substituents is 1. The quantitative estimate of drug-likeness (QED) is 0.468. The van der Waals surface area contributed by atoms with E-state index in [9.17, 15) is 32.5 Å². The Morgan fingerprint density at radius 1 is 1.17 bits per heavy atom. The summed E-state index contributed by atoms with van der Waals surface area (Å²) in [6.45, 7) is 1.59. The number of hydrogen-bond acceptors (Lipinski definition) is 6. The number of hydrogen-bond donors (Lipinski definition) is 1. The predicted molar refractivity (Wildman–Crippen MR) is 94.1 cm³/mol. The van der Waals surface area contributed by atoms with E-state index in [4.69, 9.17) is 0 Å². The standard InChI is InChI=1S/C17H15F4N5O3/c1-9-6-13(24-16(22-9)25-4-2-17(20,21)3-5-25)23-15(27)14-11(18)7-10(26(28)29)8-12(14)19/h6-8H,2-5H2,1H3,(H,22,23,24,27). The molecular weight excluding hydrogens is 398 g/mol. The van der Waals surface area contributed by atoms with Crippen molar-refractivity contribution in [3.63, 3.8) is 0 Å². The van der Waals surface area contributed by atoms with Gasteiger partial charge >= 0.3 is 0 Å². The number of nitro benzene ring substituents is 1. The zero-order chi connectivity index (χ0) is 21.3. The van der Waals surface area contributed by atoms with Crippen LogP contribution in [0, 0.1) is 28.7 Å². The highest BCUT2D eigenvalue weighted by molar-refractivity contribution is 6.04. The van der Waals surface area contributed by atoms with Gasteiger partial charge in [-0.3, -0.25) is 14.9 Å². The van der Waals surface area contributed by atoms with E-state index < -0.39 is 39.6 Å². The van der Waals surface area contributed by atoms with Gasteiger partial charge in [0, 0.05) is 37.7 Å². The summed E-state index contributed by atoms with van der Waals surface area (Å²) in [4.78, 5) is 31.7. The van der Waals surface area contributed by atoms with Crippen LogP contribution in [0.15, 0.2) is 18.2 Å².